The van der Waals surface area contributed by atoms with Crippen molar-refractivity contribution in [1.82, 2.24) is 9.80 Å². The lowest BCUT2D eigenvalue weighted by Crippen LogP contribution is -2.42. The van der Waals surface area contributed by atoms with E-state index in [1.165, 1.54) is 0 Å². The number of aliphatic hydroxyl groups is 1. The van der Waals surface area contributed by atoms with Crippen LogP contribution in [-0.2, 0) is 0 Å². The zero-order chi connectivity index (χ0) is 14.0. The molecule has 0 spiro atoms. The van der Waals surface area contributed by atoms with E-state index in [-0.39, 0.29) is 6.04 Å². The van der Waals surface area contributed by atoms with Gasteiger partial charge in [0, 0.05) is 22.2 Å². The van der Waals surface area contributed by atoms with Crippen molar-refractivity contribution in [1.29, 1.82) is 0 Å². The second kappa shape index (κ2) is 6.42. The van der Waals surface area contributed by atoms with Crippen molar-refractivity contribution < 1.29 is 5.11 Å². The third kappa shape index (κ3) is 3.61. The number of rotatable bonds is 2. The average Bonchev–Trinajstić information content (AvgIpc) is 2.53. The Kier molecular flexibility index (Phi) is 5.09. The van der Waals surface area contributed by atoms with Gasteiger partial charge in [-0.2, -0.15) is 0 Å². The van der Waals surface area contributed by atoms with Crippen molar-refractivity contribution in [3.05, 3.63) is 33.8 Å². The normalized spacial score (nSPS) is 24.2. The third-order valence-corrected chi connectivity index (χ3v) is 4.34. The van der Waals surface area contributed by atoms with Crippen molar-refractivity contribution >= 4 is 23.2 Å². The number of halogens is 2. The Morgan fingerprint density at radius 3 is 2.74 bits per heavy atom. The number of benzene rings is 1. The standard InChI is InChI=1S/C14H20Cl2N2O/c1-17-6-3-7-18(2)13(9-17)14(19)11-8-10(15)4-5-12(11)16/h4-5,8,13-14,19H,3,6-7,9H2,1-2H3. The van der Waals surface area contributed by atoms with Crippen LogP contribution in [0, 0.1) is 0 Å². The van der Waals surface area contributed by atoms with E-state index in [0.29, 0.717) is 15.6 Å². The zero-order valence-electron chi connectivity index (χ0n) is 11.3. The number of aliphatic hydroxyl groups excluding tert-OH is 1. The van der Waals surface area contributed by atoms with Crippen LogP contribution in [0.5, 0.6) is 0 Å². The highest BCUT2D eigenvalue weighted by atomic mass is 35.5. The smallest absolute Gasteiger partial charge is 0.0972 e. The summed E-state index contributed by atoms with van der Waals surface area (Å²) in [5, 5.41) is 11.8. The average molecular weight is 303 g/mol. The molecule has 0 radical (unpaired) electrons. The molecule has 1 aromatic carbocycles. The second-order valence-electron chi connectivity index (χ2n) is 5.27. The summed E-state index contributed by atoms with van der Waals surface area (Å²) in [5.74, 6) is 0. The van der Waals surface area contributed by atoms with Gasteiger partial charge in [0.1, 0.15) is 0 Å². The first-order valence-electron chi connectivity index (χ1n) is 6.51. The molecule has 5 heteroatoms. The predicted octanol–water partition coefficient (Wildman–Crippen LogP) is 2.66. The largest absolute Gasteiger partial charge is 0.387 e. The minimum Gasteiger partial charge on any atom is -0.387 e. The van der Waals surface area contributed by atoms with Crippen molar-refractivity contribution in [3.8, 4) is 0 Å². The molecule has 3 nitrogen and oxygen atoms in total. The molecular weight excluding hydrogens is 283 g/mol. The maximum absolute atomic E-state index is 10.7. The monoisotopic (exact) mass is 302 g/mol. The van der Waals surface area contributed by atoms with Crippen LogP contribution in [0.3, 0.4) is 0 Å². The van der Waals surface area contributed by atoms with E-state index >= 15 is 0 Å². The molecule has 1 aromatic rings. The Morgan fingerprint density at radius 1 is 1.26 bits per heavy atom. The molecular formula is C14H20Cl2N2O. The molecule has 19 heavy (non-hydrogen) atoms. The molecule has 2 unspecified atom stereocenters. The summed E-state index contributed by atoms with van der Waals surface area (Å²) in [7, 11) is 4.13. The van der Waals surface area contributed by atoms with E-state index < -0.39 is 6.10 Å². The molecule has 0 aliphatic carbocycles. The molecule has 1 saturated heterocycles. The first-order valence-corrected chi connectivity index (χ1v) is 7.26. The van der Waals surface area contributed by atoms with Gasteiger partial charge in [-0.25, -0.2) is 0 Å². The predicted molar refractivity (Wildman–Crippen MR) is 80.0 cm³/mol. The third-order valence-electron chi connectivity index (χ3n) is 3.76. The van der Waals surface area contributed by atoms with Crippen LogP contribution in [0.1, 0.15) is 18.1 Å². The van der Waals surface area contributed by atoms with Gasteiger partial charge in [0.05, 0.1) is 12.1 Å². The number of nitrogens with zero attached hydrogens (tertiary/aromatic N) is 2. The number of hydrogen-bond acceptors (Lipinski definition) is 3. The SMILES string of the molecule is CN1CCCN(C)C(C(O)c2cc(Cl)ccc2Cl)C1. The lowest BCUT2D eigenvalue weighted by Gasteiger charge is -2.32. The minimum absolute atomic E-state index is 0.0310. The van der Waals surface area contributed by atoms with Gasteiger partial charge in [-0.3, -0.25) is 4.90 Å². The summed E-state index contributed by atoms with van der Waals surface area (Å²) in [4.78, 5) is 4.45. The Labute approximate surface area is 124 Å². The molecule has 0 bridgehead atoms. The van der Waals surface area contributed by atoms with E-state index in [0.717, 1.165) is 26.1 Å². The fourth-order valence-corrected chi connectivity index (χ4v) is 3.01. The van der Waals surface area contributed by atoms with E-state index in [2.05, 4.69) is 16.8 Å². The lowest BCUT2D eigenvalue weighted by atomic mass is 10.0. The van der Waals surface area contributed by atoms with E-state index in [4.69, 9.17) is 23.2 Å². The molecule has 2 atom stereocenters. The maximum atomic E-state index is 10.7. The van der Waals surface area contributed by atoms with E-state index in [1.54, 1.807) is 18.2 Å². The van der Waals surface area contributed by atoms with Crippen molar-refractivity contribution in [3.63, 3.8) is 0 Å². The molecule has 0 aromatic heterocycles. The molecule has 106 valence electrons. The van der Waals surface area contributed by atoms with Gasteiger partial charge in [0.15, 0.2) is 0 Å². The van der Waals surface area contributed by atoms with Crippen molar-refractivity contribution in [2.24, 2.45) is 0 Å². The van der Waals surface area contributed by atoms with Crippen LogP contribution in [0.2, 0.25) is 10.0 Å². The van der Waals surface area contributed by atoms with Crippen LogP contribution in [0.25, 0.3) is 0 Å². The number of hydrogen-bond donors (Lipinski definition) is 1. The highest BCUT2D eigenvalue weighted by Crippen LogP contribution is 2.30. The molecule has 1 fully saturated rings. The quantitative estimate of drug-likeness (QED) is 0.910. The molecule has 0 saturated carbocycles. The molecule has 1 N–H and O–H groups in total. The summed E-state index contributed by atoms with van der Waals surface area (Å²) < 4.78 is 0. The van der Waals surface area contributed by atoms with Gasteiger partial charge < -0.3 is 10.0 Å². The maximum Gasteiger partial charge on any atom is 0.0972 e. The first kappa shape index (κ1) is 15.1. The Bertz CT molecular complexity index is 441. The Balaban J connectivity index is 2.25. The molecule has 1 aliphatic heterocycles. The Morgan fingerprint density at radius 2 is 2.00 bits per heavy atom. The zero-order valence-corrected chi connectivity index (χ0v) is 12.8. The van der Waals surface area contributed by atoms with Crippen LogP contribution in [0.4, 0.5) is 0 Å². The van der Waals surface area contributed by atoms with Crippen LogP contribution in [0.15, 0.2) is 18.2 Å². The van der Waals surface area contributed by atoms with Gasteiger partial charge in [0.25, 0.3) is 0 Å². The summed E-state index contributed by atoms with van der Waals surface area (Å²) in [5.41, 5.74) is 0.710. The highest BCUT2D eigenvalue weighted by Gasteiger charge is 2.29. The fraction of sp³-hybridized carbons (Fsp3) is 0.571. The molecule has 1 heterocycles. The van der Waals surface area contributed by atoms with E-state index in [1.807, 2.05) is 7.05 Å². The van der Waals surface area contributed by atoms with Crippen molar-refractivity contribution in [2.75, 3.05) is 33.7 Å². The molecule has 0 amide bonds. The number of likely N-dealkylation sites (N-methyl/N-ethyl adjacent to an activating group) is 2. The molecule has 1 aliphatic rings. The Hall–Kier alpha value is -0.320. The lowest BCUT2D eigenvalue weighted by molar-refractivity contribution is 0.0573. The highest BCUT2D eigenvalue weighted by molar-refractivity contribution is 6.33. The van der Waals surface area contributed by atoms with Gasteiger partial charge in [-0.1, -0.05) is 23.2 Å². The summed E-state index contributed by atoms with van der Waals surface area (Å²) in [6.45, 7) is 2.85. The van der Waals surface area contributed by atoms with Gasteiger partial charge >= 0.3 is 0 Å². The van der Waals surface area contributed by atoms with Gasteiger partial charge in [-0.15, -0.1) is 0 Å². The minimum atomic E-state index is -0.628. The van der Waals surface area contributed by atoms with Crippen LogP contribution in [-0.4, -0.2) is 54.7 Å². The van der Waals surface area contributed by atoms with Crippen molar-refractivity contribution in [2.45, 2.75) is 18.6 Å². The summed E-state index contributed by atoms with van der Waals surface area (Å²) in [6.07, 6.45) is 0.483. The topological polar surface area (TPSA) is 26.7 Å². The van der Waals surface area contributed by atoms with Crippen LogP contribution < -0.4 is 0 Å². The fourth-order valence-electron chi connectivity index (χ4n) is 2.60. The molecule has 2 rings (SSSR count). The van der Waals surface area contributed by atoms with Gasteiger partial charge in [0.2, 0.25) is 0 Å². The van der Waals surface area contributed by atoms with Crippen LogP contribution >= 0.6 is 23.2 Å². The first-order chi connectivity index (χ1) is 8.99. The van der Waals surface area contributed by atoms with Gasteiger partial charge in [-0.05, 0) is 51.8 Å². The second-order valence-corrected chi connectivity index (χ2v) is 6.12. The van der Waals surface area contributed by atoms with E-state index in [9.17, 15) is 5.11 Å². The summed E-state index contributed by atoms with van der Waals surface area (Å²) >= 11 is 12.2. The summed E-state index contributed by atoms with van der Waals surface area (Å²) in [6, 6.07) is 5.27.